The lowest BCUT2D eigenvalue weighted by Crippen LogP contribution is -2.26. The molecular formula is C27H31N7O. The zero-order valence-corrected chi connectivity index (χ0v) is 20.7. The fraction of sp³-hybridized carbons (Fsp3) is 0.333. The molecule has 180 valence electrons. The minimum absolute atomic E-state index is 0.133. The molecule has 0 amide bonds. The number of anilines is 2. The molecule has 1 aliphatic rings. The number of hydrogen-bond donors (Lipinski definition) is 1. The molecule has 1 aromatic carbocycles. The van der Waals surface area contributed by atoms with Crippen molar-refractivity contribution in [3.8, 4) is 5.82 Å². The second kappa shape index (κ2) is 8.78. The van der Waals surface area contributed by atoms with Crippen molar-refractivity contribution in [2.24, 2.45) is 0 Å². The van der Waals surface area contributed by atoms with E-state index in [0.717, 1.165) is 30.9 Å². The number of benzene rings is 1. The minimum Gasteiger partial charge on any atom is -0.324 e. The maximum Gasteiger partial charge on any atom is 0.278 e. The van der Waals surface area contributed by atoms with Gasteiger partial charge in [-0.05, 0) is 48.9 Å². The fourth-order valence-corrected chi connectivity index (χ4v) is 4.47. The molecule has 1 aliphatic heterocycles. The molecule has 0 unspecified atom stereocenters. The molecule has 1 N–H and O–H groups in total. The number of nitrogens with one attached hydrogen (secondary N) is 1. The molecule has 0 aliphatic carbocycles. The van der Waals surface area contributed by atoms with Crippen LogP contribution in [0, 0.1) is 0 Å². The predicted molar refractivity (Wildman–Crippen MR) is 140 cm³/mol. The molecule has 4 heterocycles. The van der Waals surface area contributed by atoms with Gasteiger partial charge in [0.05, 0.1) is 6.54 Å². The van der Waals surface area contributed by atoms with Gasteiger partial charge in [0.15, 0.2) is 11.5 Å². The Balaban J connectivity index is 1.60. The number of allylic oxidation sites excluding steroid dienone is 1. The normalized spacial score (nSPS) is 14.2. The first-order valence-corrected chi connectivity index (χ1v) is 11.9. The van der Waals surface area contributed by atoms with Crippen molar-refractivity contribution in [3.63, 3.8) is 0 Å². The highest BCUT2D eigenvalue weighted by Crippen LogP contribution is 2.25. The van der Waals surface area contributed by atoms with Crippen LogP contribution in [0.2, 0.25) is 0 Å². The summed E-state index contributed by atoms with van der Waals surface area (Å²) >= 11 is 0. The molecule has 0 spiro atoms. The molecule has 0 bridgehead atoms. The van der Waals surface area contributed by atoms with Crippen LogP contribution in [0.3, 0.4) is 0 Å². The number of aromatic nitrogens is 5. The quantitative estimate of drug-likeness (QED) is 0.442. The van der Waals surface area contributed by atoms with E-state index in [2.05, 4.69) is 67.8 Å². The van der Waals surface area contributed by atoms with Crippen molar-refractivity contribution in [2.45, 2.75) is 45.7 Å². The highest BCUT2D eigenvalue weighted by molar-refractivity contribution is 5.77. The number of rotatable bonds is 5. The summed E-state index contributed by atoms with van der Waals surface area (Å²) < 4.78 is 3.37. The van der Waals surface area contributed by atoms with Crippen LogP contribution in [0.1, 0.15) is 37.6 Å². The van der Waals surface area contributed by atoms with E-state index in [1.807, 2.05) is 18.2 Å². The number of pyridine rings is 1. The average molecular weight is 470 g/mol. The SMILES string of the molecule is C=CCn1c(=O)c2cnc(Nc3ccc4c(c3)CCN(C)C4)nc2n1-c1cccc(C(C)(C)C)n1. The lowest BCUT2D eigenvalue weighted by Gasteiger charge is -2.25. The van der Waals surface area contributed by atoms with E-state index >= 15 is 0 Å². The predicted octanol–water partition coefficient (Wildman–Crippen LogP) is 4.19. The van der Waals surface area contributed by atoms with Gasteiger partial charge >= 0.3 is 0 Å². The van der Waals surface area contributed by atoms with Gasteiger partial charge in [0, 0.05) is 36.1 Å². The van der Waals surface area contributed by atoms with Crippen molar-refractivity contribution in [1.29, 1.82) is 0 Å². The monoisotopic (exact) mass is 469 g/mol. The summed E-state index contributed by atoms with van der Waals surface area (Å²) in [5.41, 5.74) is 4.75. The van der Waals surface area contributed by atoms with E-state index in [9.17, 15) is 4.79 Å². The van der Waals surface area contributed by atoms with Crippen molar-refractivity contribution < 1.29 is 0 Å². The fourth-order valence-electron chi connectivity index (χ4n) is 4.47. The summed E-state index contributed by atoms with van der Waals surface area (Å²) in [5.74, 6) is 1.07. The smallest absolute Gasteiger partial charge is 0.278 e. The van der Waals surface area contributed by atoms with Crippen LogP contribution in [0.15, 0.2) is 60.0 Å². The molecule has 8 heteroatoms. The lowest BCUT2D eigenvalue weighted by atomic mass is 9.92. The zero-order chi connectivity index (χ0) is 24.7. The molecule has 8 nitrogen and oxygen atoms in total. The van der Waals surface area contributed by atoms with Gasteiger partial charge in [-0.15, -0.1) is 6.58 Å². The van der Waals surface area contributed by atoms with E-state index in [4.69, 9.17) is 9.97 Å². The maximum atomic E-state index is 13.2. The molecule has 35 heavy (non-hydrogen) atoms. The number of likely N-dealkylation sites (N-methyl/N-ethyl adjacent to an activating group) is 1. The Bertz CT molecular complexity index is 1480. The molecule has 0 radical (unpaired) electrons. The third-order valence-electron chi connectivity index (χ3n) is 6.36. The second-order valence-corrected chi connectivity index (χ2v) is 10.1. The number of hydrogen-bond acceptors (Lipinski definition) is 6. The molecule has 0 saturated heterocycles. The first-order chi connectivity index (χ1) is 16.7. The minimum atomic E-state index is -0.174. The molecule has 3 aromatic heterocycles. The van der Waals surface area contributed by atoms with Crippen molar-refractivity contribution in [3.05, 3.63) is 82.4 Å². The van der Waals surface area contributed by atoms with Crippen LogP contribution in [0.5, 0.6) is 0 Å². The van der Waals surface area contributed by atoms with E-state index in [1.54, 1.807) is 21.6 Å². The lowest BCUT2D eigenvalue weighted by molar-refractivity contribution is 0.313. The van der Waals surface area contributed by atoms with E-state index < -0.39 is 0 Å². The largest absolute Gasteiger partial charge is 0.324 e. The van der Waals surface area contributed by atoms with Crippen LogP contribution in [0.25, 0.3) is 16.9 Å². The average Bonchev–Trinajstić information content (AvgIpc) is 3.10. The number of nitrogens with zero attached hydrogens (tertiary/aromatic N) is 6. The zero-order valence-electron chi connectivity index (χ0n) is 20.7. The van der Waals surface area contributed by atoms with Gasteiger partial charge in [0.25, 0.3) is 5.56 Å². The summed E-state index contributed by atoms with van der Waals surface area (Å²) in [5, 5.41) is 3.77. The summed E-state index contributed by atoms with van der Waals surface area (Å²) in [6, 6.07) is 12.2. The van der Waals surface area contributed by atoms with Crippen molar-refractivity contribution in [1.82, 2.24) is 29.2 Å². The number of fused-ring (bicyclic) bond motifs is 2. The standard InChI is InChI=1S/C27H31N7O/c1-6-13-33-25(35)21-16-28-26(29-20-11-10-19-17-32(5)14-12-18(19)15-20)31-24(21)34(33)23-9-7-8-22(30-23)27(2,3)4/h6-11,15-16H,1,12-14,17H2,2-5H3,(H,28,29,31). The van der Waals surface area contributed by atoms with Gasteiger partial charge in [-0.2, -0.15) is 4.98 Å². The summed E-state index contributed by atoms with van der Waals surface area (Å²) in [7, 11) is 2.14. The first-order valence-electron chi connectivity index (χ1n) is 11.9. The third kappa shape index (κ3) is 4.37. The summed E-state index contributed by atoms with van der Waals surface area (Å²) in [6.45, 7) is 12.5. The molecule has 0 atom stereocenters. The summed E-state index contributed by atoms with van der Waals surface area (Å²) in [4.78, 5) is 29.6. The van der Waals surface area contributed by atoms with Gasteiger partial charge < -0.3 is 10.2 Å². The molecule has 5 rings (SSSR count). The van der Waals surface area contributed by atoms with Crippen LogP contribution in [-0.2, 0) is 24.9 Å². The second-order valence-electron chi connectivity index (χ2n) is 10.1. The van der Waals surface area contributed by atoms with Gasteiger partial charge in [0.2, 0.25) is 5.95 Å². The Morgan fingerprint density at radius 2 is 1.97 bits per heavy atom. The Labute approximate surface area is 204 Å². The van der Waals surface area contributed by atoms with Crippen LogP contribution >= 0.6 is 0 Å². The Kier molecular flexibility index (Phi) is 5.76. The molecule has 0 saturated carbocycles. The Morgan fingerprint density at radius 1 is 1.14 bits per heavy atom. The molecular weight excluding hydrogens is 438 g/mol. The van der Waals surface area contributed by atoms with E-state index in [0.29, 0.717) is 29.3 Å². The Morgan fingerprint density at radius 3 is 2.74 bits per heavy atom. The van der Waals surface area contributed by atoms with Gasteiger partial charge in [-0.25, -0.2) is 19.3 Å². The van der Waals surface area contributed by atoms with Gasteiger partial charge in [0.1, 0.15) is 5.39 Å². The van der Waals surface area contributed by atoms with Gasteiger partial charge in [-0.3, -0.25) is 4.79 Å². The van der Waals surface area contributed by atoms with E-state index in [-0.39, 0.29) is 11.0 Å². The molecule has 4 aromatic rings. The third-order valence-corrected chi connectivity index (χ3v) is 6.36. The van der Waals surface area contributed by atoms with Gasteiger partial charge in [-0.1, -0.05) is 39.0 Å². The Hall–Kier alpha value is -3.78. The van der Waals surface area contributed by atoms with Crippen molar-refractivity contribution in [2.75, 3.05) is 18.9 Å². The van der Waals surface area contributed by atoms with Crippen LogP contribution in [0.4, 0.5) is 11.6 Å². The van der Waals surface area contributed by atoms with Crippen LogP contribution < -0.4 is 10.9 Å². The van der Waals surface area contributed by atoms with E-state index in [1.165, 1.54) is 11.1 Å². The topological polar surface area (TPSA) is 80.9 Å². The molecule has 0 fully saturated rings. The first kappa shape index (κ1) is 23.0. The highest BCUT2D eigenvalue weighted by atomic mass is 16.1. The van der Waals surface area contributed by atoms with Crippen LogP contribution in [-0.4, -0.2) is 42.8 Å². The van der Waals surface area contributed by atoms with Crippen molar-refractivity contribution >= 4 is 22.7 Å². The summed E-state index contributed by atoms with van der Waals surface area (Å²) in [6.07, 6.45) is 4.30. The highest BCUT2D eigenvalue weighted by Gasteiger charge is 2.21. The maximum absolute atomic E-state index is 13.2.